The van der Waals surface area contributed by atoms with Gasteiger partial charge in [-0.2, -0.15) is 0 Å². The molecule has 0 spiro atoms. The first-order valence-corrected chi connectivity index (χ1v) is 9.30. The second-order valence-corrected chi connectivity index (χ2v) is 7.75. The maximum atomic E-state index is 13.6. The zero-order valence-corrected chi connectivity index (χ0v) is 15.9. The molecule has 0 radical (unpaired) electrons. The maximum absolute atomic E-state index is 13.6. The summed E-state index contributed by atoms with van der Waals surface area (Å²) in [7, 11) is 2.11. The Morgan fingerprint density at radius 1 is 1.12 bits per heavy atom. The van der Waals surface area contributed by atoms with Gasteiger partial charge in [0.2, 0.25) is 0 Å². The van der Waals surface area contributed by atoms with E-state index in [2.05, 4.69) is 37.3 Å². The molecule has 1 aliphatic carbocycles. The molecule has 2 aliphatic rings. The van der Waals surface area contributed by atoms with Crippen LogP contribution in [0.25, 0.3) is 0 Å². The Bertz CT molecular complexity index is 718. The first kappa shape index (κ1) is 19.0. The maximum Gasteiger partial charge on any atom is 0.123 e. The first-order valence-electron chi connectivity index (χ1n) is 9.30. The van der Waals surface area contributed by atoms with Crippen molar-refractivity contribution in [3.63, 3.8) is 0 Å². The zero-order chi connectivity index (χ0) is 18.8. The van der Waals surface area contributed by atoms with Crippen LogP contribution in [0.2, 0.25) is 0 Å². The third kappa shape index (κ3) is 3.97. The van der Waals surface area contributed by atoms with Crippen molar-refractivity contribution < 1.29 is 8.78 Å². The Morgan fingerprint density at radius 3 is 2.38 bits per heavy atom. The normalized spacial score (nSPS) is 23.1. The van der Waals surface area contributed by atoms with E-state index in [1.165, 1.54) is 23.3 Å². The third-order valence-electron chi connectivity index (χ3n) is 5.46. The molecule has 1 aromatic rings. The van der Waals surface area contributed by atoms with Crippen molar-refractivity contribution in [2.24, 2.45) is 5.92 Å². The molecule has 140 valence electrons. The van der Waals surface area contributed by atoms with Crippen LogP contribution in [0.4, 0.5) is 8.78 Å². The van der Waals surface area contributed by atoms with E-state index in [0.29, 0.717) is 18.8 Å². The molecule has 0 saturated carbocycles. The predicted octanol–water partition coefficient (Wildman–Crippen LogP) is 5.23. The molecule has 26 heavy (non-hydrogen) atoms. The molecule has 2 nitrogen and oxygen atoms in total. The number of rotatable bonds is 5. The van der Waals surface area contributed by atoms with Crippen molar-refractivity contribution in [2.75, 3.05) is 20.3 Å². The number of nitrogens with zero attached hydrogens (tertiary/aromatic N) is 2. The van der Waals surface area contributed by atoms with E-state index >= 15 is 0 Å². The fourth-order valence-electron chi connectivity index (χ4n) is 3.93. The molecule has 0 N–H and O–H groups in total. The fraction of sp³-hybridized carbons (Fsp3) is 0.455. The Balaban J connectivity index is 2.02. The molecular formula is C22H28F2N2. The summed E-state index contributed by atoms with van der Waals surface area (Å²) >= 11 is 0. The average molecular weight is 358 g/mol. The summed E-state index contributed by atoms with van der Waals surface area (Å²) in [6.07, 6.45) is 4.59. The number of hydrogen-bond donors (Lipinski definition) is 0. The highest BCUT2D eigenvalue weighted by molar-refractivity contribution is 5.35. The molecule has 0 bridgehead atoms. The van der Waals surface area contributed by atoms with Gasteiger partial charge >= 0.3 is 0 Å². The molecule has 2 unspecified atom stereocenters. The summed E-state index contributed by atoms with van der Waals surface area (Å²) in [6, 6.07) is 6.95. The topological polar surface area (TPSA) is 6.48 Å². The van der Waals surface area contributed by atoms with Crippen LogP contribution < -0.4 is 0 Å². The van der Waals surface area contributed by atoms with Gasteiger partial charge in [0.15, 0.2) is 0 Å². The van der Waals surface area contributed by atoms with E-state index in [4.69, 9.17) is 0 Å². The van der Waals surface area contributed by atoms with Crippen molar-refractivity contribution in [3.8, 4) is 0 Å². The van der Waals surface area contributed by atoms with Gasteiger partial charge < -0.3 is 0 Å². The van der Waals surface area contributed by atoms with Crippen LogP contribution in [0.15, 0.2) is 60.0 Å². The highest BCUT2D eigenvalue weighted by Crippen LogP contribution is 2.39. The summed E-state index contributed by atoms with van der Waals surface area (Å²) in [6.45, 7) is 10.4. The first-order chi connectivity index (χ1) is 12.4. The Hall–Kier alpha value is -1.78. The van der Waals surface area contributed by atoms with Crippen LogP contribution >= 0.6 is 0 Å². The second-order valence-electron chi connectivity index (χ2n) is 7.75. The standard InChI is InChI=1S/C22H28F2N2/c1-15(2)16(3)21-13-25(4)14-26(21)22(17-5-9-19(23)10-6-17)18-7-11-20(24)12-8-18/h5-7,9-11,15,21-22H,3,8,12-14H2,1-2,4H3. The van der Waals surface area contributed by atoms with E-state index < -0.39 is 0 Å². The van der Waals surface area contributed by atoms with Crippen molar-refractivity contribution in [1.82, 2.24) is 9.80 Å². The molecule has 1 heterocycles. The summed E-state index contributed by atoms with van der Waals surface area (Å²) in [5.41, 5.74) is 3.43. The van der Waals surface area contributed by atoms with E-state index in [9.17, 15) is 8.78 Å². The lowest BCUT2D eigenvalue weighted by Gasteiger charge is -2.36. The minimum Gasteiger partial charge on any atom is -0.292 e. The molecular weight excluding hydrogens is 330 g/mol. The van der Waals surface area contributed by atoms with Gasteiger partial charge in [-0.3, -0.25) is 9.80 Å². The highest BCUT2D eigenvalue weighted by Gasteiger charge is 2.38. The highest BCUT2D eigenvalue weighted by atomic mass is 19.1. The third-order valence-corrected chi connectivity index (χ3v) is 5.46. The van der Waals surface area contributed by atoms with E-state index in [1.54, 1.807) is 6.08 Å². The second kappa shape index (κ2) is 7.85. The molecule has 4 heteroatoms. The predicted molar refractivity (Wildman–Crippen MR) is 103 cm³/mol. The van der Waals surface area contributed by atoms with Gasteiger partial charge in [-0.15, -0.1) is 0 Å². The van der Waals surface area contributed by atoms with Crippen molar-refractivity contribution >= 4 is 0 Å². The lowest BCUT2D eigenvalue weighted by Crippen LogP contribution is -2.38. The van der Waals surface area contributed by atoms with Gasteiger partial charge in [0.05, 0.1) is 12.7 Å². The van der Waals surface area contributed by atoms with Crippen LogP contribution in [-0.4, -0.2) is 36.1 Å². The number of hydrogen-bond acceptors (Lipinski definition) is 2. The van der Waals surface area contributed by atoms with Crippen molar-refractivity contribution in [2.45, 2.75) is 38.8 Å². The summed E-state index contributed by atoms with van der Waals surface area (Å²) in [5.74, 6) is 0.0755. The minimum absolute atomic E-state index is 0.00500. The fourth-order valence-corrected chi connectivity index (χ4v) is 3.93. The molecule has 3 rings (SSSR count). The molecule has 1 aromatic carbocycles. The van der Waals surface area contributed by atoms with Crippen LogP contribution in [0.1, 0.15) is 38.3 Å². The van der Waals surface area contributed by atoms with Gasteiger partial charge in [-0.25, -0.2) is 8.78 Å². The van der Waals surface area contributed by atoms with Crippen LogP contribution in [0.3, 0.4) is 0 Å². The molecule has 1 saturated heterocycles. The van der Waals surface area contributed by atoms with Gasteiger partial charge in [-0.05, 0) is 48.7 Å². The van der Waals surface area contributed by atoms with E-state index in [-0.39, 0.29) is 23.7 Å². The zero-order valence-electron chi connectivity index (χ0n) is 15.9. The SMILES string of the molecule is C=C(C(C)C)C1CN(C)CN1C(C1=CC=C(F)CC1)c1ccc(F)cc1. The van der Waals surface area contributed by atoms with Gasteiger partial charge in [0.1, 0.15) is 11.6 Å². The minimum atomic E-state index is -0.238. The lowest BCUT2D eigenvalue weighted by molar-refractivity contribution is 0.195. The molecule has 2 atom stereocenters. The average Bonchev–Trinajstić information content (AvgIpc) is 2.99. The quantitative estimate of drug-likeness (QED) is 0.665. The Labute approximate surface area is 155 Å². The van der Waals surface area contributed by atoms with Gasteiger partial charge in [-0.1, -0.05) is 44.2 Å². The summed E-state index contributed by atoms with van der Waals surface area (Å²) < 4.78 is 27.0. The molecule has 0 amide bonds. The molecule has 1 fully saturated rings. The van der Waals surface area contributed by atoms with Crippen LogP contribution in [0, 0.1) is 11.7 Å². The Kier molecular flexibility index (Phi) is 5.73. The number of halogens is 2. The lowest BCUT2D eigenvalue weighted by atomic mass is 9.88. The van der Waals surface area contributed by atoms with E-state index in [1.807, 2.05) is 18.2 Å². The van der Waals surface area contributed by atoms with Crippen molar-refractivity contribution in [1.29, 1.82) is 0 Å². The number of allylic oxidation sites excluding steroid dienone is 3. The summed E-state index contributed by atoms with van der Waals surface area (Å²) in [5, 5.41) is 0. The number of likely N-dealkylation sites (N-methyl/N-ethyl adjacent to an activating group) is 1. The molecule has 0 aromatic heterocycles. The van der Waals surface area contributed by atoms with Crippen LogP contribution in [0.5, 0.6) is 0 Å². The monoisotopic (exact) mass is 358 g/mol. The molecule has 1 aliphatic heterocycles. The summed E-state index contributed by atoms with van der Waals surface area (Å²) in [4.78, 5) is 4.72. The smallest absolute Gasteiger partial charge is 0.123 e. The Morgan fingerprint density at radius 2 is 1.81 bits per heavy atom. The number of benzene rings is 1. The van der Waals surface area contributed by atoms with E-state index in [0.717, 1.165) is 18.8 Å². The van der Waals surface area contributed by atoms with Gasteiger partial charge in [0.25, 0.3) is 0 Å². The van der Waals surface area contributed by atoms with Crippen LogP contribution in [-0.2, 0) is 0 Å². The van der Waals surface area contributed by atoms with Crippen molar-refractivity contribution in [3.05, 3.63) is 71.4 Å². The van der Waals surface area contributed by atoms with Gasteiger partial charge in [0, 0.05) is 19.0 Å². The largest absolute Gasteiger partial charge is 0.292 e.